The van der Waals surface area contributed by atoms with E-state index in [-0.39, 0.29) is 24.2 Å². The zero-order valence-corrected chi connectivity index (χ0v) is 11.1. The standard InChI is InChI=1S/C12H16N4O.ClH/c1-7(2)11(13)12(17)15-9-3-4-10-8(5-9)6-14-16-10;/h3-7,11H,13H2,1-2H3,(H,14,16)(H,15,17);1H/t11-;/m1./s1. The molecule has 2 rings (SSSR count). The zero-order valence-electron chi connectivity index (χ0n) is 10.3. The van der Waals surface area contributed by atoms with Crippen molar-refractivity contribution in [2.45, 2.75) is 19.9 Å². The van der Waals surface area contributed by atoms with E-state index in [1.807, 2.05) is 32.0 Å². The first kappa shape index (κ1) is 14.5. The molecule has 0 spiro atoms. The van der Waals surface area contributed by atoms with Crippen LogP contribution in [0.15, 0.2) is 24.4 Å². The average molecular weight is 269 g/mol. The number of aromatic nitrogens is 2. The second-order valence-corrected chi connectivity index (χ2v) is 4.43. The molecule has 98 valence electrons. The van der Waals surface area contributed by atoms with Crippen LogP contribution in [0, 0.1) is 5.92 Å². The molecule has 0 radical (unpaired) electrons. The van der Waals surface area contributed by atoms with Gasteiger partial charge in [0.25, 0.3) is 0 Å². The van der Waals surface area contributed by atoms with Gasteiger partial charge in [-0.25, -0.2) is 0 Å². The number of benzene rings is 1. The van der Waals surface area contributed by atoms with Gasteiger partial charge in [-0.3, -0.25) is 9.89 Å². The summed E-state index contributed by atoms with van der Waals surface area (Å²) in [6.45, 7) is 3.84. The van der Waals surface area contributed by atoms with Crippen LogP contribution in [0.25, 0.3) is 10.9 Å². The lowest BCUT2D eigenvalue weighted by atomic mass is 10.0. The Hall–Kier alpha value is -1.59. The van der Waals surface area contributed by atoms with Gasteiger partial charge in [-0.2, -0.15) is 5.10 Å². The third kappa shape index (κ3) is 3.00. The van der Waals surface area contributed by atoms with Crippen LogP contribution in [0.4, 0.5) is 5.69 Å². The molecule has 0 unspecified atom stereocenters. The first-order chi connectivity index (χ1) is 8.08. The SMILES string of the molecule is CC(C)[C@@H](N)C(=O)Nc1ccc2[nH]ncc2c1.Cl. The minimum absolute atomic E-state index is 0. The number of carbonyl (C=O) groups is 1. The number of anilines is 1. The minimum atomic E-state index is -0.491. The summed E-state index contributed by atoms with van der Waals surface area (Å²) in [6, 6.07) is 5.07. The Balaban J connectivity index is 0.00000162. The highest BCUT2D eigenvalue weighted by molar-refractivity contribution is 5.96. The molecule has 0 aliphatic carbocycles. The van der Waals surface area contributed by atoms with Crippen molar-refractivity contribution in [2.75, 3.05) is 5.32 Å². The summed E-state index contributed by atoms with van der Waals surface area (Å²) < 4.78 is 0. The van der Waals surface area contributed by atoms with Crippen molar-refractivity contribution in [3.05, 3.63) is 24.4 Å². The van der Waals surface area contributed by atoms with Crippen molar-refractivity contribution in [2.24, 2.45) is 11.7 Å². The molecule has 1 heterocycles. The van der Waals surface area contributed by atoms with Crippen LogP contribution in [0.5, 0.6) is 0 Å². The lowest BCUT2D eigenvalue weighted by molar-refractivity contribution is -0.118. The lowest BCUT2D eigenvalue weighted by Gasteiger charge is -2.15. The second kappa shape index (κ2) is 5.84. The first-order valence-electron chi connectivity index (χ1n) is 5.57. The van der Waals surface area contributed by atoms with Crippen molar-refractivity contribution in [3.63, 3.8) is 0 Å². The Morgan fingerprint density at radius 1 is 1.44 bits per heavy atom. The van der Waals surface area contributed by atoms with Crippen molar-refractivity contribution in [3.8, 4) is 0 Å². The molecule has 0 saturated heterocycles. The monoisotopic (exact) mass is 268 g/mol. The third-order valence-electron chi connectivity index (χ3n) is 2.73. The number of amides is 1. The van der Waals surface area contributed by atoms with Crippen LogP contribution < -0.4 is 11.1 Å². The Morgan fingerprint density at radius 2 is 2.17 bits per heavy atom. The second-order valence-electron chi connectivity index (χ2n) is 4.43. The van der Waals surface area contributed by atoms with Gasteiger partial charge in [0, 0.05) is 11.1 Å². The Morgan fingerprint density at radius 3 is 2.83 bits per heavy atom. The molecule has 4 N–H and O–H groups in total. The Kier molecular flexibility index (Phi) is 4.69. The van der Waals surface area contributed by atoms with E-state index in [0.717, 1.165) is 16.6 Å². The van der Waals surface area contributed by atoms with Gasteiger partial charge in [0.15, 0.2) is 0 Å². The van der Waals surface area contributed by atoms with Gasteiger partial charge in [-0.1, -0.05) is 13.8 Å². The molecule has 0 fully saturated rings. The highest BCUT2D eigenvalue weighted by Crippen LogP contribution is 2.17. The maximum Gasteiger partial charge on any atom is 0.241 e. The van der Waals surface area contributed by atoms with Gasteiger partial charge >= 0.3 is 0 Å². The topological polar surface area (TPSA) is 83.8 Å². The van der Waals surface area contributed by atoms with Crippen LogP contribution in [0.2, 0.25) is 0 Å². The van der Waals surface area contributed by atoms with E-state index in [9.17, 15) is 4.79 Å². The minimum Gasteiger partial charge on any atom is -0.325 e. The number of hydrogen-bond acceptors (Lipinski definition) is 3. The van der Waals surface area contributed by atoms with Crippen LogP contribution in [0.1, 0.15) is 13.8 Å². The molecule has 0 bridgehead atoms. The van der Waals surface area contributed by atoms with E-state index in [1.54, 1.807) is 6.20 Å². The summed E-state index contributed by atoms with van der Waals surface area (Å²) in [4.78, 5) is 11.8. The number of carbonyl (C=O) groups excluding carboxylic acids is 1. The van der Waals surface area contributed by atoms with Crippen molar-refractivity contribution in [1.82, 2.24) is 10.2 Å². The van der Waals surface area contributed by atoms with Crippen molar-refractivity contribution >= 4 is 34.9 Å². The van der Waals surface area contributed by atoms with Gasteiger partial charge in [0.1, 0.15) is 0 Å². The molecule has 6 heteroatoms. The summed E-state index contributed by atoms with van der Waals surface area (Å²) in [5.74, 6) is -0.0458. The first-order valence-corrected chi connectivity index (χ1v) is 5.57. The van der Waals surface area contributed by atoms with Gasteiger partial charge in [0.2, 0.25) is 5.91 Å². The zero-order chi connectivity index (χ0) is 12.4. The molecule has 1 aromatic carbocycles. The van der Waals surface area contributed by atoms with Crippen LogP contribution in [0.3, 0.4) is 0 Å². The summed E-state index contributed by atoms with van der Waals surface area (Å²) in [5, 5.41) is 10.5. The fourth-order valence-corrected chi connectivity index (χ4v) is 1.55. The molecule has 1 aromatic heterocycles. The normalized spacial score (nSPS) is 12.2. The molecule has 0 saturated carbocycles. The summed E-state index contributed by atoms with van der Waals surface area (Å²) in [7, 11) is 0. The molecule has 0 aliphatic rings. The third-order valence-corrected chi connectivity index (χ3v) is 2.73. The molecule has 1 amide bonds. The van der Waals surface area contributed by atoms with Gasteiger partial charge in [-0.15, -0.1) is 12.4 Å². The van der Waals surface area contributed by atoms with E-state index < -0.39 is 6.04 Å². The number of halogens is 1. The molecule has 2 aromatic rings. The predicted molar refractivity (Wildman–Crippen MR) is 74.8 cm³/mol. The molecule has 5 nitrogen and oxygen atoms in total. The maximum atomic E-state index is 11.8. The van der Waals surface area contributed by atoms with E-state index in [1.165, 1.54) is 0 Å². The van der Waals surface area contributed by atoms with Gasteiger partial charge in [0.05, 0.1) is 17.8 Å². The number of fused-ring (bicyclic) bond motifs is 1. The van der Waals surface area contributed by atoms with E-state index in [4.69, 9.17) is 5.73 Å². The number of H-pyrrole nitrogens is 1. The van der Waals surface area contributed by atoms with E-state index in [2.05, 4.69) is 15.5 Å². The van der Waals surface area contributed by atoms with E-state index >= 15 is 0 Å². The number of nitrogens with zero attached hydrogens (tertiary/aromatic N) is 1. The van der Waals surface area contributed by atoms with Crippen LogP contribution >= 0.6 is 12.4 Å². The number of rotatable bonds is 3. The van der Waals surface area contributed by atoms with Crippen molar-refractivity contribution < 1.29 is 4.79 Å². The van der Waals surface area contributed by atoms with Crippen LogP contribution in [-0.2, 0) is 4.79 Å². The fraction of sp³-hybridized carbons (Fsp3) is 0.333. The average Bonchev–Trinajstić information content (AvgIpc) is 2.74. The van der Waals surface area contributed by atoms with Crippen molar-refractivity contribution in [1.29, 1.82) is 0 Å². The van der Waals surface area contributed by atoms with Gasteiger partial charge < -0.3 is 11.1 Å². The molecular formula is C12H17ClN4O. The number of nitrogens with two attached hydrogens (primary N) is 1. The summed E-state index contributed by atoms with van der Waals surface area (Å²) >= 11 is 0. The van der Waals surface area contributed by atoms with Gasteiger partial charge in [-0.05, 0) is 24.1 Å². The highest BCUT2D eigenvalue weighted by Gasteiger charge is 2.17. The number of nitrogens with one attached hydrogen (secondary N) is 2. The summed E-state index contributed by atoms with van der Waals surface area (Å²) in [5.41, 5.74) is 7.45. The quantitative estimate of drug-likeness (QED) is 0.795. The molecule has 0 aliphatic heterocycles. The largest absolute Gasteiger partial charge is 0.325 e. The number of aromatic amines is 1. The maximum absolute atomic E-state index is 11.8. The van der Waals surface area contributed by atoms with Crippen LogP contribution in [-0.4, -0.2) is 22.1 Å². The highest BCUT2D eigenvalue weighted by atomic mass is 35.5. The number of hydrogen-bond donors (Lipinski definition) is 3. The molecule has 1 atom stereocenters. The predicted octanol–water partition coefficient (Wildman–Crippen LogP) is 1.91. The molecule has 18 heavy (non-hydrogen) atoms. The van der Waals surface area contributed by atoms with E-state index in [0.29, 0.717) is 0 Å². The lowest BCUT2D eigenvalue weighted by Crippen LogP contribution is -2.39. The smallest absolute Gasteiger partial charge is 0.241 e. The Bertz CT molecular complexity index is 538. The Labute approximate surface area is 112 Å². The summed E-state index contributed by atoms with van der Waals surface area (Å²) in [6.07, 6.45) is 1.72. The molecular weight excluding hydrogens is 252 g/mol. The fourth-order valence-electron chi connectivity index (χ4n) is 1.55.